The van der Waals surface area contributed by atoms with Crippen molar-refractivity contribution in [1.82, 2.24) is 0 Å². The Kier molecular flexibility index (Phi) is 4.93. The third-order valence-electron chi connectivity index (χ3n) is 4.81. The first-order chi connectivity index (χ1) is 8.66. The molecule has 2 saturated heterocycles. The summed E-state index contributed by atoms with van der Waals surface area (Å²) in [7, 11) is 0. The summed E-state index contributed by atoms with van der Waals surface area (Å²) in [6.45, 7) is 6.13. The molecule has 0 amide bonds. The van der Waals surface area contributed by atoms with Gasteiger partial charge in [0.1, 0.15) is 8.25 Å². The van der Waals surface area contributed by atoms with Crippen LogP contribution in [0.4, 0.5) is 0 Å². The van der Waals surface area contributed by atoms with Gasteiger partial charge in [0, 0.05) is 11.3 Å². The van der Waals surface area contributed by atoms with Crippen LogP contribution >= 0.6 is 47.8 Å². The van der Waals surface area contributed by atoms with E-state index in [9.17, 15) is 4.79 Å². The Morgan fingerprint density at radius 3 is 2.32 bits per heavy atom. The summed E-state index contributed by atoms with van der Waals surface area (Å²) in [5, 5.41) is 0. The van der Waals surface area contributed by atoms with Crippen LogP contribution in [0.25, 0.3) is 0 Å². The lowest BCUT2D eigenvalue weighted by Gasteiger charge is -2.50. The number of carbonyl (C=O) groups excluding carboxylic acids is 1. The van der Waals surface area contributed by atoms with Crippen LogP contribution in [0.3, 0.4) is 0 Å². The van der Waals surface area contributed by atoms with Crippen LogP contribution in [0, 0.1) is 17.3 Å². The minimum atomic E-state index is -0.273. The van der Waals surface area contributed by atoms with Crippen molar-refractivity contribution in [1.29, 1.82) is 0 Å². The van der Waals surface area contributed by atoms with Crippen molar-refractivity contribution in [2.24, 2.45) is 17.3 Å². The zero-order chi connectivity index (χ0) is 14.4. The molecule has 0 aromatic heterocycles. The number of ether oxygens (including phenoxy) is 1. The molecule has 0 spiro atoms. The molecule has 2 nitrogen and oxygen atoms in total. The van der Waals surface area contributed by atoms with E-state index in [0.717, 1.165) is 25.7 Å². The quantitative estimate of drug-likeness (QED) is 0.553. The van der Waals surface area contributed by atoms with Crippen molar-refractivity contribution in [3.63, 3.8) is 0 Å². The molecule has 0 radical (unpaired) electrons. The normalized spacial score (nSPS) is 35.5. The second-order valence-electron chi connectivity index (χ2n) is 6.42. The second-order valence-corrected chi connectivity index (χ2v) is 13.4. The lowest BCUT2D eigenvalue weighted by atomic mass is 9.69. The summed E-state index contributed by atoms with van der Waals surface area (Å²) >= 11 is 10.9. The Labute approximate surface area is 140 Å². The summed E-state index contributed by atoms with van der Waals surface area (Å²) < 4.78 is 5.86. The number of Topliss-reactive ketones (excluding diaryl/α,β-unsaturated/α-hetero) is 1. The van der Waals surface area contributed by atoms with E-state index >= 15 is 0 Å². The molecule has 2 heterocycles. The van der Waals surface area contributed by atoms with Crippen LogP contribution in [-0.4, -0.2) is 20.1 Å². The highest BCUT2D eigenvalue weighted by Crippen LogP contribution is 2.54. The van der Waals surface area contributed by atoms with Crippen molar-refractivity contribution in [3.8, 4) is 0 Å². The number of carbonyl (C=O) groups is 1. The number of alkyl halides is 3. The molecule has 3 aliphatic rings. The maximum Gasteiger partial charge on any atom is 0.167 e. The standard InChI is InChI=1S/C14H21Br3O2/c1-4-13(2,3)12(18)11-8-5-6-10(19-11)9(7-8)14(15,16)17/h8-11H,4-7H2,1-3H3. The molecule has 0 aromatic rings. The lowest BCUT2D eigenvalue weighted by molar-refractivity contribution is -0.177. The zero-order valence-corrected chi connectivity index (χ0v) is 16.3. The van der Waals surface area contributed by atoms with Crippen LogP contribution in [0.5, 0.6) is 0 Å². The highest BCUT2D eigenvalue weighted by Gasteiger charge is 2.52. The zero-order valence-electron chi connectivity index (χ0n) is 11.6. The van der Waals surface area contributed by atoms with Gasteiger partial charge in [-0.25, -0.2) is 0 Å². The molecule has 1 saturated carbocycles. The van der Waals surface area contributed by atoms with Crippen LogP contribution in [0.1, 0.15) is 46.5 Å². The molecule has 4 unspecified atom stereocenters. The summed E-state index contributed by atoms with van der Waals surface area (Å²) in [6, 6.07) is 0. The third-order valence-corrected chi connectivity index (χ3v) is 6.57. The van der Waals surface area contributed by atoms with Gasteiger partial charge in [-0.15, -0.1) is 0 Å². The summed E-state index contributed by atoms with van der Waals surface area (Å²) in [5.41, 5.74) is -0.272. The predicted octanol–water partition coefficient (Wildman–Crippen LogP) is 5.01. The molecule has 3 rings (SSSR count). The number of halogens is 3. The Morgan fingerprint density at radius 1 is 1.26 bits per heavy atom. The van der Waals surface area contributed by atoms with E-state index in [4.69, 9.17) is 4.74 Å². The van der Waals surface area contributed by atoms with Crippen molar-refractivity contribution < 1.29 is 9.53 Å². The highest BCUT2D eigenvalue weighted by molar-refractivity contribution is 9.39. The van der Waals surface area contributed by atoms with Gasteiger partial charge >= 0.3 is 0 Å². The Balaban J connectivity index is 2.12. The van der Waals surface area contributed by atoms with Gasteiger partial charge in [0.2, 0.25) is 0 Å². The minimum absolute atomic E-state index is 0.157. The fraction of sp³-hybridized carbons (Fsp3) is 0.929. The SMILES string of the molecule is CCC(C)(C)C(=O)C1OC2CCC1CC2C(Br)(Br)Br. The largest absolute Gasteiger partial charge is 0.366 e. The highest BCUT2D eigenvalue weighted by atomic mass is 80.0. The first-order valence-corrected chi connectivity index (χ1v) is 9.31. The lowest BCUT2D eigenvalue weighted by Crippen LogP contribution is -2.54. The molecular weight excluding hydrogens is 440 g/mol. The molecule has 2 bridgehead atoms. The first-order valence-electron chi connectivity index (χ1n) is 6.93. The maximum atomic E-state index is 12.6. The van der Waals surface area contributed by atoms with E-state index in [2.05, 4.69) is 54.7 Å². The van der Waals surface area contributed by atoms with E-state index in [-0.39, 0.29) is 25.5 Å². The molecular formula is C14H21Br3O2. The van der Waals surface area contributed by atoms with Gasteiger partial charge < -0.3 is 4.74 Å². The van der Waals surface area contributed by atoms with Crippen LogP contribution in [0.2, 0.25) is 0 Å². The molecule has 110 valence electrons. The molecule has 1 aliphatic carbocycles. The third kappa shape index (κ3) is 3.29. The van der Waals surface area contributed by atoms with E-state index in [1.165, 1.54) is 0 Å². The Morgan fingerprint density at radius 2 is 1.89 bits per heavy atom. The Bertz CT molecular complexity index is 362. The van der Waals surface area contributed by atoms with Gasteiger partial charge in [-0.1, -0.05) is 68.6 Å². The van der Waals surface area contributed by atoms with Crippen molar-refractivity contribution >= 4 is 53.6 Å². The average Bonchev–Trinajstić information content (AvgIpc) is 2.37. The topological polar surface area (TPSA) is 26.3 Å². The fourth-order valence-corrected chi connectivity index (χ4v) is 4.54. The molecule has 4 atom stereocenters. The Hall–Kier alpha value is 1.07. The molecule has 5 heteroatoms. The summed E-state index contributed by atoms with van der Waals surface area (Å²) in [4.78, 5) is 12.6. The summed E-state index contributed by atoms with van der Waals surface area (Å²) in [5.74, 6) is 1.01. The second kappa shape index (κ2) is 5.69. The van der Waals surface area contributed by atoms with Crippen molar-refractivity contribution in [2.75, 3.05) is 0 Å². The molecule has 2 aliphatic heterocycles. The van der Waals surface area contributed by atoms with Gasteiger partial charge in [-0.05, 0) is 31.6 Å². The van der Waals surface area contributed by atoms with Gasteiger partial charge in [0.05, 0.1) is 6.10 Å². The van der Waals surface area contributed by atoms with Gasteiger partial charge in [-0.3, -0.25) is 4.79 Å². The average molecular weight is 461 g/mol. The molecule has 0 N–H and O–H groups in total. The summed E-state index contributed by atoms with van der Waals surface area (Å²) in [6.07, 6.45) is 4.02. The van der Waals surface area contributed by atoms with Gasteiger partial charge in [0.15, 0.2) is 5.78 Å². The van der Waals surface area contributed by atoms with Crippen molar-refractivity contribution in [2.45, 2.75) is 60.8 Å². The van der Waals surface area contributed by atoms with E-state index in [0.29, 0.717) is 11.8 Å². The number of rotatable bonds is 3. The van der Waals surface area contributed by atoms with Gasteiger partial charge in [0.25, 0.3) is 0 Å². The minimum Gasteiger partial charge on any atom is -0.366 e. The monoisotopic (exact) mass is 458 g/mol. The van der Waals surface area contributed by atoms with Crippen LogP contribution in [-0.2, 0) is 9.53 Å². The van der Waals surface area contributed by atoms with E-state index < -0.39 is 0 Å². The predicted molar refractivity (Wildman–Crippen MR) is 88.1 cm³/mol. The number of fused-ring (bicyclic) bond motifs is 3. The fourth-order valence-electron chi connectivity index (χ4n) is 3.09. The van der Waals surface area contributed by atoms with Gasteiger partial charge in [-0.2, -0.15) is 0 Å². The molecule has 3 fully saturated rings. The van der Waals surface area contributed by atoms with E-state index in [1.807, 2.05) is 13.8 Å². The number of ketones is 1. The maximum absolute atomic E-state index is 12.6. The smallest absolute Gasteiger partial charge is 0.167 e. The van der Waals surface area contributed by atoms with Crippen LogP contribution in [0.15, 0.2) is 0 Å². The number of hydrogen-bond acceptors (Lipinski definition) is 2. The first kappa shape index (κ1) is 16.4. The van der Waals surface area contributed by atoms with Crippen LogP contribution < -0.4 is 0 Å². The van der Waals surface area contributed by atoms with E-state index in [1.54, 1.807) is 0 Å². The molecule has 19 heavy (non-hydrogen) atoms. The molecule has 0 aromatic carbocycles. The van der Waals surface area contributed by atoms with Crippen molar-refractivity contribution in [3.05, 3.63) is 0 Å². The number of hydrogen-bond donors (Lipinski definition) is 0.